The number of aromatic nitrogens is 2. The lowest BCUT2D eigenvalue weighted by atomic mass is 10.0. The quantitative estimate of drug-likeness (QED) is 0.600. The summed E-state index contributed by atoms with van der Waals surface area (Å²) in [4.78, 5) is 0. The van der Waals surface area contributed by atoms with E-state index in [-0.39, 0.29) is 0 Å². The molecule has 3 aromatic rings. The SMILES string of the molecule is Cc1ccc(-c2c(C)c(C)cn2-c2ccccc2C(C)C)[n+](C)c1. The summed E-state index contributed by atoms with van der Waals surface area (Å²) in [5, 5.41) is 0. The third kappa shape index (κ3) is 2.77. The molecule has 0 N–H and O–H groups in total. The first-order chi connectivity index (χ1) is 11.4. The molecule has 3 rings (SSSR count). The average Bonchev–Trinajstić information content (AvgIpc) is 2.83. The van der Waals surface area contributed by atoms with Crippen LogP contribution in [0.15, 0.2) is 48.8 Å². The average molecular weight is 319 g/mol. The Morgan fingerprint density at radius 3 is 2.33 bits per heavy atom. The van der Waals surface area contributed by atoms with Crippen molar-refractivity contribution in [1.82, 2.24) is 4.57 Å². The van der Waals surface area contributed by atoms with Gasteiger partial charge in [-0.3, -0.25) is 0 Å². The van der Waals surface area contributed by atoms with Crippen LogP contribution in [-0.4, -0.2) is 4.57 Å². The fourth-order valence-electron chi connectivity index (χ4n) is 3.42. The Bertz CT molecular complexity index is 885. The summed E-state index contributed by atoms with van der Waals surface area (Å²) in [6, 6.07) is 13.1. The summed E-state index contributed by atoms with van der Waals surface area (Å²) >= 11 is 0. The van der Waals surface area contributed by atoms with Gasteiger partial charge in [0.15, 0.2) is 6.20 Å². The zero-order valence-electron chi connectivity index (χ0n) is 15.6. The number of pyridine rings is 1. The molecule has 24 heavy (non-hydrogen) atoms. The molecule has 2 aromatic heterocycles. The Morgan fingerprint density at radius 2 is 1.67 bits per heavy atom. The lowest BCUT2D eigenvalue weighted by Gasteiger charge is -2.16. The number of rotatable bonds is 3. The standard InChI is InChI=1S/C22H27N2/c1-15(2)19-9-7-8-10-20(19)24-14-17(4)18(5)22(24)21-12-11-16(3)13-23(21)6/h7-15H,1-6H3/q+1. The highest BCUT2D eigenvalue weighted by Gasteiger charge is 2.21. The third-order valence-electron chi connectivity index (χ3n) is 4.85. The lowest BCUT2D eigenvalue weighted by molar-refractivity contribution is -0.660. The molecule has 0 saturated heterocycles. The first-order valence-corrected chi connectivity index (χ1v) is 8.64. The largest absolute Gasteiger partial charge is 0.311 e. The second kappa shape index (κ2) is 6.27. The number of hydrogen-bond donors (Lipinski definition) is 0. The summed E-state index contributed by atoms with van der Waals surface area (Å²) in [6.07, 6.45) is 4.46. The molecule has 124 valence electrons. The predicted molar refractivity (Wildman–Crippen MR) is 101 cm³/mol. The maximum absolute atomic E-state index is 2.37. The van der Waals surface area contributed by atoms with Gasteiger partial charge in [0, 0.05) is 23.5 Å². The topological polar surface area (TPSA) is 8.81 Å². The maximum atomic E-state index is 2.37. The van der Waals surface area contributed by atoms with Gasteiger partial charge in [-0.25, -0.2) is 0 Å². The minimum absolute atomic E-state index is 0.490. The van der Waals surface area contributed by atoms with Gasteiger partial charge in [-0.15, -0.1) is 0 Å². The molecule has 2 heterocycles. The van der Waals surface area contributed by atoms with Crippen LogP contribution in [-0.2, 0) is 7.05 Å². The van der Waals surface area contributed by atoms with Crippen LogP contribution in [0.3, 0.4) is 0 Å². The van der Waals surface area contributed by atoms with Crippen molar-refractivity contribution in [2.75, 3.05) is 0 Å². The molecule has 2 nitrogen and oxygen atoms in total. The predicted octanol–water partition coefficient (Wildman–Crippen LogP) is 5.02. The van der Waals surface area contributed by atoms with Crippen molar-refractivity contribution < 1.29 is 4.57 Å². The molecule has 0 aliphatic rings. The van der Waals surface area contributed by atoms with Crippen LogP contribution in [0.5, 0.6) is 0 Å². The van der Waals surface area contributed by atoms with Crippen molar-refractivity contribution in [1.29, 1.82) is 0 Å². The monoisotopic (exact) mass is 319 g/mol. The first-order valence-electron chi connectivity index (χ1n) is 8.64. The summed E-state index contributed by atoms with van der Waals surface area (Å²) in [6.45, 7) is 11.1. The van der Waals surface area contributed by atoms with Crippen LogP contribution in [0, 0.1) is 20.8 Å². The van der Waals surface area contributed by atoms with E-state index in [1.807, 2.05) is 0 Å². The van der Waals surface area contributed by atoms with Gasteiger partial charge < -0.3 is 4.57 Å². The van der Waals surface area contributed by atoms with Crippen molar-refractivity contribution in [2.45, 2.75) is 40.5 Å². The Morgan fingerprint density at radius 1 is 0.958 bits per heavy atom. The van der Waals surface area contributed by atoms with Gasteiger partial charge in [-0.1, -0.05) is 32.0 Å². The summed E-state index contributed by atoms with van der Waals surface area (Å²) in [5.74, 6) is 0.490. The molecule has 0 saturated carbocycles. The van der Waals surface area contributed by atoms with Gasteiger partial charge in [0.2, 0.25) is 5.69 Å². The van der Waals surface area contributed by atoms with Gasteiger partial charge >= 0.3 is 0 Å². The first kappa shape index (κ1) is 16.5. The van der Waals surface area contributed by atoms with Crippen LogP contribution in [0.4, 0.5) is 0 Å². The zero-order chi connectivity index (χ0) is 17.4. The minimum Gasteiger partial charge on any atom is -0.311 e. The molecule has 0 unspecified atom stereocenters. The Hall–Kier alpha value is -2.35. The molecule has 0 bridgehead atoms. The zero-order valence-corrected chi connectivity index (χ0v) is 15.6. The molecule has 1 aromatic carbocycles. The second-order valence-electron chi connectivity index (χ2n) is 7.07. The normalized spacial score (nSPS) is 11.3. The van der Waals surface area contributed by atoms with Gasteiger partial charge in [0.1, 0.15) is 12.7 Å². The Kier molecular flexibility index (Phi) is 4.31. The summed E-state index contributed by atoms with van der Waals surface area (Å²) in [5.41, 5.74) is 9.11. The van der Waals surface area contributed by atoms with E-state index < -0.39 is 0 Å². The van der Waals surface area contributed by atoms with Crippen molar-refractivity contribution in [3.63, 3.8) is 0 Å². The highest BCUT2D eigenvalue weighted by Crippen LogP contribution is 2.32. The van der Waals surface area contributed by atoms with E-state index in [1.165, 1.54) is 39.3 Å². The highest BCUT2D eigenvalue weighted by molar-refractivity contribution is 5.64. The van der Waals surface area contributed by atoms with Crippen LogP contribution in [0.1, 0.15) is 42.0 Å². The van der Waals surface area contributed by atoms with Gasteiger partial charge in [-0.2, -0.15) is 4.57 Å². The number of hydrogen-bond acceptors (Lipinski definition) is 0. The summed E-state index contributed by atoms with van der Waals surface area (Å²) in [7, 11) is 2.13. The van der Waals surface area contributed by atoms with Crippen LogP contribution in [0.25, 0.3) is 17.1 Å². The maximum Gasteiger partial charge on any atom is 0.229 e. The van der Waals surface area contributed by atoms with E-state index in [4.69, 9.17) is 0 Å². The van der Waals surface area contributed by atoms with E-state index in [9.17, 15) is 0 Å². The van der Waals surface area contributed by atoms with Crippen LogP contribution < -0.4 is 4.57 Å². The van der Waals surface area contributed by atoms with Crippen molar-refractivity contribution in [3.8, 4) is 17.1 Å². The Labute approximate surface area is 145 Å². The summed E-state index contributed by atoms with van der Waals surface area (Å²) < 4.78 is 4.59. The lowest BCUT2D eigenvalue weighted by Crippen LogP contribution is -2.31. The molecule has 0 amide bonds. The molecule has 0 spiro atoms. The fraction of sp³-hybridized carbons (Fsp3) is 0.318. The molecular formula is C22H27N2+. The molecule has 0 aliphatic heterocycles. The smallest absolute Gasteiger partial charge is 0.229 e. The van der Waals surface area contributed by atoms with Crippen molar-refractivity contribution in [2.24, 2.45) is 7.05 Å². The fourth-order valence-corrected chi connectivity index (χ4v) is 3.42. The van der Waals surface area contributed by atoms with E-state index >= 15 is 0 Å². The number of benzene rings is 1. The van der Waals surface area contributed by atoms with Gasteiger partial charge in [0.05, 0.1) is 0 Å². The van der Waals surface area contributed by atoms with Crippen LogP contribution in [0.2, 0.25) is 0 Å². The number of aryl methyl sites for hydroxylation is 3. The number of nitrogens with zero attached hydrogens (tertiary/aromatic N) is 2. The van der Waals surface area contributed by atoms with E-state index in [2.05, 4.69) is 99.6 Å². The highest BCUT2D eigenvalue weighted by atomic mass is 15.0. The van der Waals surface area contributed by atoms with E-state index in [1.54, 1.807) is 0 Å². The van der Waals surface area contributed by atoms with Gasteiger partial charge in [0.25, 0.3) is 0 Å². The molecular weight excluding hydrogens is 292 g/mol. The molecule has 2 heteroatoms. The molecule has 0 atom stereocenters. The molecule has 0 aliphatic carbocycles. The van der Waals surface area contributed by atoms with E-state index in [0.29, 0.717) is 5.92 Å². The van der Waals surface area contributed by atoms with Crippen LogP contribution >= 0.6 is 0 Å². The number of para-hydroxylation sites is 1. The van der Waals surface area contributed by atoms with Crippen molar-refractivity contribution >= 4 is 0 Å². The van der Waals surface area contributed by atoms with Crippen molar-refractivity contribution in [3.05, 3.63) is 71.0 Å². The Balaban J connectivity index is 2.31. The minimum atomic E-state index is 0.490. The molecule has 0 fully saturated rings. The second-order valence-corrected chi connectivity index (χ2v) is 7.07. The molecule has 0 radical (unpaired) electrons. The van der Waals surface area contributed by atoms with E-state index in [0.717, 1.165) is 0 Å². The third-order valence-corrected chi connectivity index (χ3v) is 4.85. The van der Waals surface area contributed by atoms with Gasteiger partial charge in [-0.05, 0) is 55.5 Å².